The first-order chi connectivity index (χ1) is 9.85. The number of nitrogens with zero attached hydrogens (tertiary/aromatic N) is 1. The molecule has 1 aliphatic heterocycles. The van der Waals surface area contributed by atoms with Crippen LogP contribution in [-0.2, 0) is 4.79 Å². The topological polar surface area (TPSA) is 52.6 Å². The van der Waals surface area contributed by atoms with Gasteiger partial charge in [-0.1, -0.05) is 19.8 Å². The van der Waals surface area contributed by atoms with Gasteiger partial charge < -0.3 is 10.4 Å². The second-order valence-electron chi connectivity index (χ2n) is 7.53. The minimum Gasteiger partial charge on any atom is -0.392 e. The maximum atomic E-state index is 12.5. The van der Waals surface area contributed by atoms with Gasteiger partial charge in [-0.3, -0.25) is 9.69 Å². The van der Waals surface area contributed by atoms with Crippen molar-refractivity contribution in [2.45, 2.75) is 90.4 Å². The summed E-state index contributed by atoms with van der Waals surface area (Å²) in [5.41, 5.74) is -0.157. The number of aliphatic hydroxyl groups is 1. The van der Waals surface area contributed by atoms with Gasteiger partial charge in [-0.2, -0.15) is 0 Å². The van der Waals surface area contributed by atoms with Crippen LogP contribution in [0.25, 0.3) is 0 Å². The molecule has 122 valence electrons. The predicted molar refractivity (Wildman–Crippen MR) is 85.1 cm³/mol. The molecule has 0 aromatic carbocycles. The van der Waals surface area contributed by atoms with E-state index in [1.54, 1.807) is 0 Å². The van der Waals surface area contributed by atoms with Crippen LogP contribution in [-0.4, -0.2) is 46.7 Å². The van der Waals surface area contributed by atoms with E-state index >= 15 is 0 Å². The molecule has 2 aliphatic rings. The van der Waals surface area contributed by atoms with Crippen LogP contribution in [0.5, 0.6) is 0 Å². The molecule has 0 aromatic rings. The molecule has 0 aromatic heterocycles. The Kier molecular flexibility index (Phi) is 5.31. The van der Waals surface area contributed by atoms with Crippen LogP contribution in [0, 0.1) is 5.41 Å². The van der Waals surface area contributed by atoms with Gasteiger partial charge in [-0.15, -0.1) is 0 Å². The summed E-state index contributed by atoms with van der Waals surface area (Å²) in [5, 5.41) is 13.3. The first-order valence-corrected chi connectivity index (χ1v) is 8.58. The lowest BCUT2D eigenvalue weighted by Gasteiger charge is -2.39. The third-order valence-corrected chi connectivity index (χ3v) is 5.79. The van der Waals surface area contributed by atoms with Crippen molar-refractivity contribution in [2.75, 3.05) is 6.54 Å². The van der Waals surface area contributed by atoms with Crippen LogP contribution in [0.4, 0.5) is 0 Å². The van der Waals surface area contributed by atoms with Gasteiger partial charge in [0, 0.05) is 24.0 Å². The van der Waals surface area contributed by atoms with E-state index in [-0.39, 0.29) is 23.5 Å². The van der Waals surface area contributed by atoms with Gasteiger partial charge >= 0.3 is 0 Å². The van der Waals surface area contributed by atoms with Crippen LogP contribution in [0.3, 0.4) is 0 Å². The molecule has 0 radical (unpaired) electrons. The van der Waals surface area contributed by atoms with Crippen molar-refractivity contribution in [1.82, 2.24) is 10.2 Å². The SMILES string of the molecule is CC1CCC(C)N1C(C)C(=O)NCC1(C)CCCCC1O. The molecule has 1 amide bonds. The third kappa shape index (κ3) is 3.59. The predicted octanol–water partition coefficient (Wildman–Crippen LogP) is 2.31. The highest BCUT2D eigenvalue weighted by atomic mass is 16.3. The van der Waals surface area contributed by atoms with E-state index in [0.717, 1.165) is 25.7 Å². The summed E-state index contributed by atoms with van der Waals surface area (Å²) >= 11 is 0. The van der Waals surface area contributed by atoms with Gasteiger partial charge in [-0.25, -0.2) is 0 Å². The highest BCUT2D eigenvalue weighted by molar-refractivity contribution is 5.81. The molecule has 5 atom stereocenters. The Morgan fingerprint density at radius 1 is 1.29 bits per heavy atom. The summed E-state index contributed by atoms with van der Waals surface area (Å²) in [5.74, 6) is 0.106. The maximum Gasteiger partial charge on any atom is 0.237 e. The minimum absolute atomic E-state index is 0.0816. The Labute approximate surface area is 129 Å². The average molecular weight is 296 g/mol. The molecule has 0 spiro atoms. The van der Waals surface area contributed by atoms with Crippen molar-refractivity contribution in [2.24, 2.45) is 5.41 Å². The molecule has 5 unspecified atom stereocenters. The number of hydrogen-bond acceptors (Lipinski definition) is 3. The normalized spacial score (nSPS) is 39.2. The van der Waals surface area contributed by atoms with Crippen LogP contribution < -0.4 is 5.32 Å². The van der Waals surface area contributed by atoms with Crippen LogP contribution in [0.15, 0.2) is 0 Å². The molecule has 1 saturated heterocycles. The summed E-state index contributed by atoms with van der Waals surface area (Å²) in [4.78, 5) is 14.8. The number of nitrogens with one attached hydrogen (secondary N) is 1. The number of carbonyl (C=O) groups is 1. The lowest BCUT2D eigenvalue weighted by atomic mass is 9.73. The summed E-state index contributed by atoms with van der Waals surface area (Å²) in [6.07, 6.45) is 6.18. The Morgan fingerprint density at radius 3 is 2.48 bits per heavy atom. The zero-order valence-electron chi connectivity index (χ0n) is 14.1. The number of rotatable bonds is 4. The average Bonchev–Trinajstić information content (AvgIpc) is 2.78. The molecule has 2 fully saturated rings. The third-order valence-electron chi connectivity index (χ3n) is 5.79. The summed E-state index contributed by atoms with van der Waals surface area (Å²) < 4.78 is 0. The van der Waals surface area contributed by atoms with E-state index in [2.05, 4.69) is 31.0 Å². The van der Waals surface area contributed by atoms with Crippen molar-refractivity contribution in [3.8, 4) is 0 Å². The summed E-state index contributed by atoms with van der Waals surface area (Å²) in [6, 6.07) is 0.884. The summed E-state index contributed by atoms with van der Waals surface area (Å²) in [6.45, 7) is 9.11. The zero-order valence-corrected chi connectivity index (χ0v) is 14.1. The van der Waals surface area contributed by atoms with E-state index in [9.17, 15) is 9.90 Å². The molecule has 1 aliphatic carbocycles. The number of carbonyl (C=O) groups excluding carboxylic acids is 1. The fraction of sp³-hybridized carbons (Fsp3) is 0.941. The van der Waals surface area contributed by atoms with Gasteiger partial charge in [-0.05, 0) is 46.5 Å². The van der Waals surface area contributed by atoms with Crippen LogP contribution in [0.2, 0.25) is 0 Å². The van der Waals surface area contributed by atoms with E-state index < -0.39 is 0 Å². The Morgan fingerprint density at radius 2 is 1.90 bits per heavy atom. The number of aliphatic hydroxyl groups excluding tert-OH is 1. The quantitative estimate of drug-likeness (QED) is 0.837. The second kappa shape index (κ2) is 6.66. The monoisotopic (exact) mass is 296 g/mol. The summed E-state index contributed by atoms with van der Waals surface area (Å²) in [7, 11) is 0. The molecule has 0 bridgehead atoms. The maximum absolute atomic E-state index is 12.5. The lowest BCUT2D eigenvalue weighted by molar-refractivity contribution is -0.128. The van der Waals surface area contributed by atoms with Crippen LogP contribution >= 0.6 is 0 Å². The largest absolute Gasteiger partial charge is 0.392 e. The minimum atomic E-state index is -0.286. The standard InChI is InChI=1S/C17H32N2O2/c1-12-8-9-13(2)19(12)14(3)16(21)18-11-17(4)10-6-5-7-15(17)20/h12-15,20H,5-11H2,1-4H3,(H,18,21). The molecule has 21 heavy (non-hydrogen) atoms. The molecule has 2 rings (SSSR count). The second-order valence-corrected chi connectivity index (χ2v) is 7.53. The molecule has 1 heterocycles. The van der Waals surface area contributed by atoms with Crippen molar-refractivity contribution in [1.29, 1.82) is 0 Å². The van der Waals surface area contributed by atoms with Crippen molar-refractivity contribution < 1.29 is 9.90 Å². The van der Waals surface area contributed by atoms with Gasteiger partial charge in [0.15, 0.2) is 0 Å². The van der Waals surface area contributed by atoms with Gasteiger partial charge in [0.1, 0.15) is 0 Å². The van der Waals surface area contributed by atoms with E-state index in [4.69, 9.17) is 0 Å². The van der Waals surface area contributed by atoms with Gasteiger partial charge in [0.05, 0.1) is 12.1 Å². The van der Waals surface area contributed by atoms with E-state index in [1.165, 1.54) is 12.8 Å². The van der Waals surface area contributed by atoms with E-state index in [0.29, 0.717) is 18.6 Å². The lowest BCUT2D eigenvalue weighted by Crippen LogP contribution is -2.52. The number of likely N-dealkylation sites (tertiary alicyclic amines) is 1. The van der Waals surface area contributed by atoms with Crippen molar-refractivity contribution in [3.05, 3.63) is 0 Å². The molecular weight excluding hydrogens is 264 g/mol. The number of amides is 1. The van der Waals surface area contributed by atoms with E-state index in [1.807, 2.05) is 6.92 Å². The number of hydrogen-bond donors (Lipinski definition) is 2. The Hall–Kier alpha value is -0.610. The Balaban J connectivity index is 1.89. The first-order valence-electron chi connectivity index (χ1n) is 8.58. The van der Waals surface area contributed by atoms with Crippen molar-refractivity contribution >= 4 is 5.91 Å². The molecule has 2 N–H and O–H groups in total. The molecular formula is C17H32N2O2. The molecule has 4 nitrogen and oxygen atoms in total. The van der Waals surface area contributed by atoms with Gasteiger partial charge in [0.2, 0.25) is 5.91 Å². The Bertz CT molecular complexity index is 364. The highest BCUT2D eigenvalue weighted by Crippen LogP contribution is 2.35. The highest BCUT2D eigenvalue weighted by Gasteiger charge is 2.38. The van der Waals surface area contributed by atoms with Crippen molar-refractivity contribution in [3.63, 3.8) is 0 Å². The van der Waals surface area contributed by atoms with Gasteiger partial charge in [0.25, 0.3) is 0 Å². The fourth-order valence-electron chi connectivity index (χ4n) is 4.14. The smallest absolute Gasteiger partial charge is 0.237 e. The first kappa shape index (κ1) is 16.8. The molecule has 1 saturated carbocycles. The fourth-order valence-corrected chi connectivity index (χ4v) is 4.14. The molecule has 4 heteroatoms. The van der Waals surface area contributed by atoms with Crippen LogP contribution in [0.1, 0.15) is 66.2 Å². The zero-order chi connectivity index (χ0) is 15.6.